The number of benzene rings is 1. The normalized spacial score (nSPS) is 38.6. The van der Waals surface area contributed by atoms with Crippen molar-refractivity contribution in [1.82, 2.24) is 0 Å². The predicted molar refractivity (Wildman–Crippen MR) is 92.9 cm³/mol. The van der Waals surface area contributed by atoms with E-state index in [2.05, 4.69) is 32.0 Å². The van der Waals surface area contributed by atoms with Gasteiger partial charge in [-0.3, -0.25) is 0 Å². The molecule has 2 heteroatoms. The third-order valence-electron chi connectivity index (χ3n) is 7.34. The Morgan fingerprint density at radius 1 is 1.17 bits per heavy atom. The molecule has 5 atom stereocenters. The van der Waals surface area contributed by atoms with Crippen molar-refractivity contribution >= 4 is 0 Å². The Kier molecular flexibility index (Phi) is 3.91. The lowest BCUT2D eigenvalue weighted by Crippen LogP contribution is -2.45. The van der Waals surface area contributed by atoms with Gasteiger partial charge in [0.25, 0.3) is 0 Å². The molecule has 3 aliphatic carbocycles. The Bertz CT molecular complexity index is 581. The second kappa shape index (κ2) is 5.81. The first-order valence-electron chi connectivity index (χ1n) is 9.63. The third-order valence-corrected chi connectivity index (χ3v) is 7.34. The van der Waals surface area contributed by atoms with Crippen molar-refractivity contribution in [2.75, 3.05) is 6.61 Å². The van der Waals surface area contributed by atoms with Crippen LogP contribution in [0.4, 0.5) is 0 Å². The quantitative estimate of drug-likeness (QED) is 0.877. The molecule has 0 aliphatic heterocycles. The number of hydrogen-bond acceptors (Lipinski definition) is 2. The Morgan fingerprint density at radius 2 is 2.04 bits per heavy atom. The summed E-state index contributed by atoms with van der Waals surface area (Å²) in [5, 5.41) is 10.7. The lowest BCUT2D eigenvalue weighted by Gasteiger charge is -2.51. The van der Waals surface area contributed by atoms with Crippen LogP contribution in [-0.2, 0) is 6.42 Å². The lowest BCUT2D eigenvalue weighted by atomic mass is 9.54. The van der Waals surface area contributed by atoms with Gasteiger partial charge < -0.3 is 9.84 Å². The molecule has 0 unspecified atom stereocenters. The topological polar surface area (TPSA) is 29.5 Å². The highest BCUT2D eigenvalue weighted by Gasteiger charge is 2.55. The van der Waals surface area contributed by atoms with E-state index in [-0.39, 0.29) is 11.5 Å². The summed E-state index contributed by atoms with van der Waals surface area (Å²) in [4.78, 5) is 0. The smallest absolute Gasteiger partial charge is 0.119 e. The van der Waals surface area contributed by atoms with Crippen LogP contribution in [0, 0.1) is 17.3 Å². The van der Waals surface area contributed by atoms with Crippen molar-refractivity contribution in [3.05, 3.63) is 29.3 Å². The van der Waals surface area contributed by atoms with E-state index in [0.29, 0.717) is 5.92 Å². The summed E-state index contributed by atoms with van der Waals surface area (Å²) in [5.74, 6) is 3.22. The van der Waals surface area contributed by atoms with Gasteiger partial charge in [0, 0.05) is 0 Å². The summed E-state index contributed by atoms with van der Waals surface area (Å²) in [6.45, 7) is 5.09. The van der Waals surface area contributed by atoms with Crippen molar-refractivity contribution in [2.24, 2.45) is 17.3 Å². The van der Waals surface area contributed by atoms with E-state index in [1.165, 1.54) is 37.7 Å². The SMILES string of the molecule is CCOc1ccc2c(c1)[C@H]1CC[C@]3(CC)[C@H](O)CC[C@H]3[C@@H]1CC2. The van der Waals surface area contributed by atoms with Gasteiger partial charge in [-0.2, -0.15) is 0 Å². The molecule has 23 heavy (non-hydrogen) atoms. The van der Waals surface area contributed by atoms with Gasteiger partial charge >= 0.3 is 0 Å². The van der Waals surface area contributed by atoms with Gasteiger partial charge in [-0.05, 0) is 98.3 Å². The Balaban J connectivity index is 1.68. The zero-order valence-corrected chi connectivity index (χ0v) is 14.6. The molecule has 126 valence electrons. The van der Waals surface area contributed by atoms with Gasteiger partial charge in [0.1, 0.15) is 5.75 Å². The average Bonchev–Trinajstić information content (AvgIpc) is 2.92. The Hall–Kier alpha value is -1.02. The van der Waals surface area contributed by atoms with Crippen LogP contribution >= 0.6 is 0 Å². The van der Waals surface area contributed by atoms with Crippen LogP contribution in [0.2, 0.25) is 0 Å². The van der Waals surface area contributed by atoms with Gasteiger partial charge in [0.05, 0.1) is 12.7 Å². The Labute approximate surface area is 140 Å². The molecule has 4 rings (SSSR count). The molecule has 0 radical (unpaired) electrons. The van der Waals surface area contributed by atoms with Gasteiger partial charge in [-0.25, -0.2) is 0 Å². The number of rotatable bonds is 3. The summed E-state index contributed by atoms with van der Waals surface area (Å²) in [6, 6.07) is 6.75. The average molecular weight is 314 g/mol. The summed E-state index contributed by atoms with van der Waals surface area (Å²) in [5.41, 5.74) is 3.31. The predicted octanol–water partition coefficient (Wildman–Crippen LogP) is 4.69. The Morgan fingerprint density at radius 3 is 2.83 bits per heavy atom. The fourth-order valence-electron chi connectivity index (χ4n) is 6.26. The number of fused-ring (bicyclic) bond motifs is 5. The molecular weight excluding hydrogens is 284 g/mol. The van der Waals surface area contributed by atoms with E-state index in [1.807, 2.05) is 0 Å². The van der Waals surface area contributed by atoms with Crippen molar-refractivity contribution < 1.29 is 9.84 Å². The second-order valence-electron chi connectivity index (χ2n) is 7.93. The van der Waals surface area contributed by atoms with E-state index >= 15 is 0 Å². The number of aryl methyl sites for hydroxylation is 1. The van der Waals surface area contributed by atoms with E-state index in [0.717, 1.165) is 37.0 Å². The van der Waals surface area contributed by atoms with E-state index in [4.69, 9.17) is 4.74 Å². The maximum atomic E-state index is 10.7. The molecule has 0 bridgehead atoms. The summed E-state index contributed by atoms with van der Waals surface area (Å²) >= 11 is 0. The minimum atomic E-state index is -0.0606. The first-order valence-corrected chi connectivity index (χ1v) is 9.63. The molecule has 2 nitrogen and oxygen atoms in total. The van der Waals surface area contributed by atoms with E-state index < -0.39 is 0 Å². The molecule has 0 heterocycles. The molecule has 1 aromatic rings. The highest BCUT2D eigenvalue weighted by Crippen LogP contribution is 2.62. The fraction of sp³-hybridized carbons (Fsp3) is 0.714. The highest BCUT2D eigenvalue weighted by molar-refractivity contribution is 5.41. The minimum Gasteiger partial charge on any atom is -0.494 e. The zero-order valence-electron chi connectivity index (χ0n) is 14.6. The first-order chi connectivity index (χ1) is 11.2. The van der Waals surface area contributed by atoms with Crippen LogP contribution < -0.4 is 4.74 Å². The van der Waals surface area contributed by atoms with Crippen LogP contribution in [0.25, 0.3) is 0 Å². The molecule has 0 amide bonds. The molecule has 0 saturated heterocycles. The second-order valence-corrected chi connectivity index (χ2v) is 7.93. The monoisotopic (exact) mass is 314 g/mol. The van der Waals surface area contributed by atoms with Crippen molar-refractivity contribution in [1.29, 1.82) is 0 Å². The molecular formula is C21H30O2. The third kappa shape index (κ3) is 2.25. The van der Waals surface area contributed by atoms with E-state index in [9.17, 15) is 5.11 Å². The number of ether oxygens (including phenoxy) is 1. The largest absolute Gasteiger partial charge is 0.494 e. The minimum absolute atomic E-state index is 0.0606. The van der Waals surface area contributed by atoms with Crippen LogP contribution in [0.15, 0.2) is 18.2 Å². The van der Waals surface area contributed by atoms with Crippen LogP contribution in [0.5, 0.6) is 5.75 Å². The molecule has 2 fully saturated rings. The van der Waals surface area contributed by atoms with Gasteiger partial charge in [-0.15, -0.1) is 0 Å². The molecule has 0 aromatic heterocycles. The summed E-state index contributed by atoms with van der Waals surface area (Å²) in [6.07, 6.45) is 8.30. The maximum absolute atomic E-state index is 10.7. The first kappa shape index (κ1) is 15.5. The molecule has 3 aliphatic rings. The lowest BCUT2D eigenvalue weighted by molar-refractivity contribution is -0.0394. The van der Waals surface area contributed by atoms with Crippen molar-refractivity contribution in [3.63, 3.8) is 0 Å². The molecule has 2 saturated carbocycles. The van der Waals surface area contributed by atoms with Crippen LogP contribution in [0.3, 0.4) is 0 Å². The molecule has 1 N–H and O–H groups in total. The van der Waals surface area contributed by atoms with Crippen molar-refractivity contribution in [2.45, 2.75) is 70.8 Å². The zero-order chi connectivity index (χ0) is 16.0. The standard InChI is InChI=1S/C21H30O2/c1-3-21-12-11-16-17(19(21)9-10-20(21)22)8-6-14-5-7-15(23-4-2)13-18(14)16/h5,7,13,16-17,19-20,22H,3-4,6,8-12H2,1-2H3/t16-,17+,19-,20+,21-/m0/s1. The number of aliphatic hydroxyl groups is 1. The maximum Gasteiger partial charge on any atom is 0.119 e. The number of aliphatic hydroxyl groups excluding tert-OH is 1. The fourth-order valence-corrected chi connectivity index (χ4v) is 6.26. The van der Waals surface area contributed by atoms with Crippen LogP contribution in [-0.4, -0.2) is 17.8 Å². The summed E-state index contributed by atoms with van der Waals surface area (Å²) < 4.78 is 5.76. The molecule has 1 aromatic carbocycles. The van der Waals surface area contributed by atoms with Crippen LogP contribution in [0.1, 0.15) is 69.4 Å². The number of hydrogen-bond donors (Lipinski definition) is 1. The highest BCUT2D eigenvalue weighted by atomic mass is 16.5. The molecule has 0 spiro atoms. The van der Waals surface area contributed by atoms with Gasteiger partial charge in [0.2, 0.25) is 0 Å². The van der Waals surface area contributed by atoms with E-state index in [1.54, 1.807) is 5.56 Å². The van der Waals surface area contributed by atoms with Gasteiger partial charge in [-0.1, -0.05) is 13.0 Å². The van der Waals surface area contributed by atoms with Crippen molar-refractivity contribution in [3.8, 4) is 5.75 Å². The summed E-state index contributed by atoms with van der Waals surface area (Å²) in [7, 11) is 0. The van der Waals surface area contributed by atoms with Gasteiger partial charge in [0.15, 0.2) is 0 Å².